The van der Waals surface area contributed by atoms with E-state index in [1.165, 1.54) is 30.5 Å². The van der Waals surface area contributed by atoms with Crippen molar-refractivity contribution in [2.45, 2.75) is 13.5 Å². The van der Waals surface area contributed by atoms with E-state index in [4.69, 9.17) is 21.1 Å². The number of amides is 1. The van der Waals surface area contributed by atoms with Crippen molar-refractivity contribution in [1.82, 2.24) is 5.43 Å². The number of rotatable bonds is 9. The molecule has 0 atom stereocenters. The van der Waals surface area contributed by atoms with Crippen molar-refractivity contribution in [3.8, 4) is 11.5 Å². The molecule has 10 heteroatoms. The first-order chi connectivity index (χ1) is 15.9. The number of carbonyl (C=O) groups excluding carboxylic acids is 1. The summed E-state index contributed by atoms with van der Waals surface area (Å²) in [5, 5.41) is 15.5. The van der Waals surface area contributed by atoms with Crippen LogP contribution in [0.3, 0.4) is 0 Å². The molecule has 1 amide bonds. The van der Waals surface area contributed by atoms with E-state index >= 15 is 0 Å². The number of halogens is 2. The summed E-state index contributed by atoms with van der Waals surface area (Å²) in [6.45, 7) is 2.62. The lowest BCUT2D eigenvalue weighted by Gasteiger charge is -2.14. The zero-order valence-electron chi connectivity index (χ0n) is 17.5. The molecule has 0 aromatic heterocycles. The van der Waals surface area contributed by atoms with Gasteiger partial charge in [0.05, 0.1) is 17.7 Å². The summed E-state index contributed by atoms with van der Waals surface area (Å²) in [6.07, 6.45) is 1.44. The normalized spacial score (nSPS) is 10.8. The van der Waals surface area contributed by atoms with E-state index in [1.54, 1.807) is 24.3 Å². The van der Waals surface area contributed by atoms with Crippen LogP contribution in [0.4, 0.5) is 5.69 Å². The average Bonchev–Trinajstić information content (AvgIpc) is 2.81. The minimum atomic E-state index is -0.570. The van der Waals surface area contributed by atoms with Crippen LogP contribution in [0.25, 0.3) is 0 Å². The van der Waals surface area contributed by atoms with Crippen LogP contribution >= 0.6 is 27.5 Å². The highest BCUT2D eigenvalue weighted by molar-refractivity contribution is 9.10. The molecule has 3 aromatic carbocycles. The molecule has 170 valence electrons. The van der Waals surface area contributed by atoms with Crippen molar-refractivity contribution in [2.75, 3.05) is 6.61 Å². The molecular formula is C23H19BrClN3O5. The predicted octanol–water partition coefficient (Wildman–Crippen LogP) is 5.75. The van der Waals surface area contributed by atoms with Crippen LogP contribution in [0.5, 0.6) is 11.5 Å². The van der Waals surface area contributed by atoms with Crippen molar-refractivity contribution >= 4 is 45.3 Å². The summed E-state index contributed by atoms with van der Waals surface area (Å²) in [4.78, 5) is 22.6. The van der Waals surface area contributed by atoms with E-state index in [0.29, 0.717) is 39.8 Å². The third kappa shape index (κ3) is 6.77. The highest BCUT2D eigenvalue weighted by Gasteiger charge is 2.12. The van der Waals surface area contributed by atoms with E-state index in [-0.39, 0.29) is 11.3 Å². The Labute approximate surface area is 203 Å². The Hall–Kier alpha value is -3.43. The van der Waals surface area contributed by atoms with E-state index in [1.807, 2.05) is 19.1 Å². The van der Waals surface area contributed by atoms with Gasteiger partial charge in [-0.3, -0.25) is 14.9 Å². The molecule has 0 fully saturated rings. The Bertz CT molecular complexity index is 1190. The maximum Gasteiger partial charge on any atom is 0.271 e. The van der Waals surface area contributed by atoms with Crippen LogP contribution in [0.1, 0.15) is 28.4 Å². The summed E-state index contributed by atoms with van der Waals surface area (Å²) < 4.78 is 12.3. The van der Waals surface area contributed by atoms with Gasteiger partial charge in [-0.05, 0) is 58.7 Å². The quantitative estimate of drug-likeness (QED) is 0.215. The van der Waals surface area contributed by atoms with Gasteiger partial charge in [-0.15, -0.1) is 0 Å². The van der Waals surface area contributed by atoms with Crippen molar-refractivity contribution < 1.29 is 19.2 Å². The van der Waals surface area contributed by atoms with E-state index in [9.17, 15) is 14.9 Å². The Kier molecular flexibility index (Phi) is 8.39. The van der Waals surface area contributed by atoms with E-state index in [0.717, 1.165) is 5.56 Å². The lowest BCUT2D eigenvalue weighted by atomic mass is 10.2. The molecule has 3 rings (SSSR count). The van der Waals surface area contributed by atoms with Crippen LogP contribution in [0, 0.1) is 10.1 Å². The number of nitrogens with one attached hydrogen (secondary N) is 1. The second kappa shape index (κ2) is 11.4. The molecule has 0 aliphatic rings. The summed E-state index contributed by atoms with van der Waals surface area (Å²) >= 11 is 9.39. The predicted molar refractivity (Wildman–Crippen MR) is 129 cm³/mol. The molecule has 8 nitrogen and oxygen atoms in total. The Balaban J connectivity index is 1.72. The fraction of sp³-hybridized carbons (Fsp3) is 0.130. The molecule has 1 N–H and O–H groups in total. The molecule has 33 heavy (non-hydrogen) atoms. The number of hydrogen-bond acceptors (Lipinski definition) is 6. The van der Waals surface area contributed by atoms with Gasteiger partial charge in [0.2, 0.25) is 0 Å². The average molecular weight is 533 g/mol. The van der Waals surface area contributed by atoms with Crippen LogP contribution in [-0.2, 0) is 6.61 Å². The van der Waals surface area contributed by atoms with Crippen LogP contribution in [-0.4, -0.2) is 23.7 Å². The topological polar surface area (TPSA) is 103 Å². The van der Waals surface area contributed by atoms with Crippen molar-refractivity contribution in [3.05, 3.63) is 97.0 Å². The minimum absolute atomic E-state index is 0.126. The van der Waals surface area contributed by atoms with E-state index < -0.39 is 10.8 Å². The van der Waals surface area contributed by atoms with Crippen LogP contribution in [0.2, 0.25) is 5.02 Å². The largest absolute Gasteiger partial charge is 0.490 e. The molecule has 0 aliphatic heterocycles. The zero-order valence-corrected chi connectivity index (χ0v) is 19.8. The van der Waals surface area contributed by atoms with Gasteiger partial charge in [0.25, 0.3) is 11.6 Å². The highest BCUT2D eigenvalue weighted by atomic mass is 79.9. The Morgan fingerprint density at radius 1 is 1.15 bits per heavy atom. The van der Waals surface area contributed by atoms with Crippen LogP contribution < -0.4 is 14.9 Å². The fourth-order valence-electron chi connectivity index (χ4n) is 2.76. The minimum Gasteiger partial charge on any atom is -0.490 e. The molecule has 0 spiro atoms. The molecule has 0 saturated carbocycles. The molecule has 0 bridgehead atoms. The maximum absolute atomic E-state index is 12.2. The monoisotopic (exact) mass is 531 g/mol. The van der Waals surface area contributed by atoms with Gasteiger partial charge in [0.15, 0.2) is 11.5 Å². The molecule has 0 heterocycles. The lowest BCUT2D eigenvalue weighted by Crippen LogP contribution is -2.17. The number of ether oxygens (including phenoxy) is 2. The lowest BCUT2D eigenvalue weighted by molar-refractivity contribution is -0.384. The molecular weight excluding hydrogens is 514 g/mol. The first-order valence-electron chi connectivity index (χ1n) is 9.79. The Morgan fingerprint density at radius 2 is 1.88 bits per heavy atom. The number of non-ortho nitro benzene ring substituents is 1. The van der Waals surface area contributed by atoms with Gasteiger partial charge in [-0.25, -0.2) is 5.43 Å². The molecule has 0 radical (unpaired) electrons. The molecule has 0 saturated heterocycles. The first-order valence-corrected chi connectivity index (χ1v) is 11.0. The third-order valence-corrected chi connectivity index (χ3v) is 5.30. The Morgan fingerprint density at radius 3 is 2.58 bits per heavy atom. The summed E-state index contributed by atoms with van der Waals surface area (Å²) in [5.74, 6) is 0.483. The summed E-state index contributed by atoms with van der Waals surface area (Å²) in [7, 11) is 0. The maximum atomic E-state index is 12.2. The van der Waals surface area contributed by atoms with Crippen LogP contribution in [0.15, 0.2) is 70.2 Å². The van der Waals surface area contributed by atoms with Gasteiger partial charge in [-0.1, -0.05) is 29.8 Å². The first kappa shape index (κ1) is 24.2. The third-order valence-electron chi connectivity index (χ3n) is 4.36. The summed E-state index contributed by atoms with van der Waals surface area (Å²) in [6, 6.07) is 16.2. The van der Waals surface area contributed by atoms with Gasteiger partial charge in [-0.2, -0.15) is 5.10 Å². The van der Waals surface area contributed by atoms with Crippen molar-refractivity contribution in [2.24, 2.45) is 5.10 Å². The van der Waals surface area contributed by atoms with Crippen molar-refractivity contribution in [1.29, 1.82) is 0 Å². The SMILES string of the molecule is CCOc1cc(/C=N\NC(=O)c2cccc([N+](=O)[O-])c2)c(Br)cc1OCc1ccc(Cl)cc1. The highest BCUT2D eigenvalue weighted by Crippen LogP contribution is 2.34. The molecule has 0 aliphatic carbocycles. The second-order valence-electron chi connectivity index (χ2n) is 6.68. The number of nitro groups is 1. The second-order valence-corrected chi connectivity index (χ2v) is 7.97. The molecule has 3 aromatic rings. The fourth-order valence-corrected chi connectivity index (χ4v) is 3.31. The number of hydrazone groups is 1. The van der Waals surface area contributed by atoms with Gasteiger partial charge in [0.1, 0.15) is 6.61 Å². The number of carbonyl (C=O) groups is 1. The van der Waals surface area contributed by atoms with Gasteiger partial charge in [0, 0.05) is 32.8 Å². The smallest absolute Gasteiger partial charge is 0.271 e. The van der Waals surface area contributed by atoms with Crippen molar-refractivity contribution in [3.63, 3.8) is 0 Å². The van der Waals surface area contributed by atoms with Gasteiger partial charge >= 0.3 is 0 Å². The van der Waals surface area contributed by atoms with E-state index in [2.05, 4.69) is 26.5 Å². The standard InChI is InChI=1S/C23H19BrClN3O5/c1-2-32-21-11-17(13-26-27-23(29)16-4-3-5-19(10-16)28(30)31)20(24)12-22(21)33-14-15-6-8-18(25)9-7-15/h3-13H,2,14H2,1H3,(H,27,29)/b26-13-. The zero-order chi connectivity index (χ0) is 23.8. The summed E-state index contributed by atoms with van der Waals surface area (Å²) in [5.41, 5.74) is 3.90. The number of hydrogen-bond donors (Lipinski definition) is 1. The number of nitro benzene ring substituents is 1. The van der Waals surface area contributed by atoms with Gasteiger partial charge < -0.3 is 9.47 Å². The number of benzene rings is 3. The molecule has 0 unspecified atom stereocenters. The number of nitrogens with zero attached hydrogens (tertiary/aromatic N) is 2.